The molecule has 0 radical (unpaired) electrons. The highest BCUT2D eigenvalue weighted by Crippen LogP contribution is 2.15. The van der Waals surface area contributed by atoms with Crippen molar-refractivity contribution in [3.63, 3.8) is 0 Å². The molecule has 1 fully saturated rings. The third-order valence-corrected chi connectivity index (χ3v) is 2.45. The van der Waals surface area contributed by atoms with E-state index >= 15 is 0 Å². The predicted molar refractivity (Wildman–Crippen MR) is 55.6 cm³/mol. The lowest BCUT2D eigenvalue weighted by molar-refractivity contribution is -0.119. The van der Waals surface area contributed by atoms with Gasteiger partial charge in [-0.15, -0.1) is 0 Å². The van der Waals surface area contributed by atoms with E-state index in [0.717, 1.165) is 12.0 Å². The first-order valence-electron chi connectivity index (χ1n) is 5.19. The molecular weight excluding hydrogens is 211 g/mol. The second-order valence-electron chi connectivity index (χ2n) is 3.91. The van der Waals surface area contributed by atoms with Crippen molar-refractivity contribution >= 4 is 5.91 Å². The largest absolute Gasteiger partial charge is 0.473 e. The van der Waals surface area contributed by atoms with Crippen LogP contribution in [0.3, 0.4) is 0 Å². The Balaban J connectivity index is 1.92. The minimum Gasteiger partial charge on any atom is -0.473 e. The van der Waals surface area contributed by atoms with E-state index in [-0.39, 0.29) is 24.4 Å². The number of aromatic nitrogens is 1. The first-order chi connectivity index (χ1) is 7.65. The van der Waals surface area contributed by atoms with Crippen LogP contribution in [0.2, 0.25) is 0 Å². The van der Waals surface area contributed by atoms with Crippen molar-refractivity contribution in [3.05, 3.63) is 23.6 Å². The lowest BCUT2D eigenvalue weighted by Crippen LogP contribution is -2.31. The normalized spacial score (nSPS) is 19.6. The maximum Gasteiger partial charge on any atom is 0.250 e. The Bertz CT molecular complexity index is 409. The Morgan fingerprint density at radius 1 is 1.69 bits per heavy atom. The highest BCUT2D eigenvalue weighted by atomic mass is 19.1. The molecule has 86 valence electrons. The number of ether oxygens (including phenoxy) is 1. The smallest absolute Gasteiger partial charge is 0.250 e. The number of carbonyl (C=O) groups is 1. The molecule has 1 aliphatic heterocycles. The van der Waals surface area contributed by atoms with Crippen molar-refractivity contribution < 1.29 is 13.9 Å². The van der Waals surface area contributed by atoms with Crippen molar-refractivity contribution in [1.82, 2.24) is 10.3 Å². The van der Waals surface area contributed by atoms with Crippen LogP contribution in [0.1, 0.15) is 18.4 Å². The fourth-order valence-electron chi connectivity index (χ4n) is 1.61. The molecule has 1 unspecified atom stereocenters. The molecule has 1 amide bonds. The molecule has 2 rings (SSSR count). The molecule has 1 aromatic heterocycles. The van der Waals surface area contributed by atoms with E-state index in [1.54, 1.807) is 13.1 Å². The summed E-state index contributed by atoms with van der Waals surface area (Å²) in [6.07, 6.45) is 2.79. The van der Waals surface area contributed by atoms with Crippen molar-refractivity contribution in [2.75, 3.05) is 6.61 Å². The van der Waals surface area contributed by atoms with E-state index < -0.39 is 5.82 Å². The third-order valence-electron chi connectivity index (χ3n) is 2.45. The summed E-state index contributed by atoms with van der Waals surface area (Å²) in [6.45, 7) is 2.02. The number of pyridine rings is 1. The first kappa shape index (κ1) is 10.9. The Morgan fingerprint density at radius 2 is 2.50 bits per heavy atom. The molecule has 0 spiro atoms. The molecule has 0 bridgehead atoms. The molecule has 5 heteroatoms. The molecule has 0 aliphatic carbocycles. The number of carbonyl (C=O) groups excluding carboxylic acids is 1. The van der Waals surface area contributed by atoms with E-state index in [4.69, 9.17) is 4.74 Å². The number of hydrogen-bond acceptors (Lipinski definition) is 3. The summed E-state index contributed by atoms with van der Waals surface area (Å²) >= 11 is 0. The van der Waals surface area contributed by atoms with Crippen LogP contribution in [0.5, 0.6) is 5.88 Å². The topological polar surface area (TPSA) is 51.2 Å². The van der Waals surface area contributed by atoms with Gasteiger partial charge in [-0.25, -0.2) is 9.37 Å². The van der Waals surface area contributed by atoms with Crippen LogP contribution in [-0.4, -0.2) is 23.5 Å². The van der Waals surface area contributed by atoms with Gasteiger partial charge in [0.1, 0.15) is 6.61 Å². The van der Waals surface area contributed by atoms with Gasteiger partial charge in [-0.1, -0.05) is 0 Å². The zero-order valence-electron chi connectivity index (χ0n) is 9.00. The fourth-order valence-corrected chi connectivity index (χ4v) is 1.61. The van der Waals surface area contributed by atoms with Gasteiger partial charge in [0.15, 0.2) is 5.82 Å². The summed E-state index contributed by atoms with van der Waals surface area (Å²) in [6, 6.07) is 1.34. The van der Waals surface area contributed by atoms with Gasteiger partial charge in [-0.05, 0) is 25.0 Å². The van der Waals surface area contributed by atoms with Crippen LogP contribution in [0.25, 0.3) is 0 Å². The van der Waals surface area contributed by atoms with Gasteiger partial charge in [-0.2, -0.15) is 0 Å². The second-order valence-corrected chi connectivity index (χ2v) is 3.91. The van der Waals surface area contributed by atoms with Gasteiger partial charge in [0.25, 0.3) is 0 Å². The average molecular weight is 224 g/mol. The average Bonchev–Trinajstić information content (AvgIpc) is 2.63. The van der Waals surface area contributed by atoms with E-state index in [0.29, 0.717) is 6.42 Å². The fraction of sp³-hybridized carbons (Fsp3) is 0.455. The van der Waals surface area contributed by atoms with E-state index in [1.807, 2.05) is 0 Å². The lowest BCUT2D eigenvalue weighted by atomic mass is 10.2. The summed E-state index contributed by atoms with van der Waals surface area (Å²) in [5.41, 5.74) is 0.749. The van der Waals surface area contributed by atoms with Crippen molar-refractivity contribution in [1.29, 1.82) is 0 Å². The molecule has 1 aliphatic rings. The SMILES string of the molecule is Cc1cnc(OCC2CCC(=O)N2)c(F)c1. The minimum absolute atomic E-state index is 0.00764. The summed E-state index contributed by atoms with van der Waals surface area (Å²) in [7, 11) is 0. The van der Waals surface area contributed by atoms with Gasteiger partial charge in [0.2, 0.25) is 11.8 Å². The van der Waals surface area contributed by atoms with Gasteiger partial charge >= 0.3 is 0 Å². The van der Waals surface area contributed by atoms with Crippen LogP contribution in [-0.2, 0) is 4.79 Å². The summed E-state index contributed by atoms with van der Waals surface area (Å²) in [4.78, 5) is 14.8. The Morgan fingerprint density at radius 3 is 3.12 bits per heavy atom. The Kier molecular flexibility index (Phi) is 3.03. The van der Waals surface area contributed by atoms with Crippen molar-refractivity contribution in [2.24, 2.45) is 0 Å². The number of rotatable bonds is 3. The van der Waals surface area contributed by atoms with Crippen LogP contribution in [0, 0.1) is 12.7 Å². The van der Waals surface area contributed by atoms with Crippen LogP contribution >= 0.6 is 0 Å². The molecule has 1 N–H and O–H groups in total. The molecule has 16 heavy (non-hydrogen) atoms. The first-order valence-corrected chi connectivity index (χ1v) is 5.19. The standard InChI is InChI=1S/C11H13FN2O2/c1-7-4-9(12)11(13-5-7)16-6-8-2-3-10(15)14-8/h4-5,8H,2-3,6H2,1H3,(H,14,15). The van der Waals surface area contributed by atoms with E-state index in [1.165, 1.54) is 6.07 Å². The molecule has 1 aromatic rings. The molecule has 1 saturated heterocycles. The lowest BCUT2D eigenvalue weighted by Gasteiger charge is -2.11. The number of nitrogens with zero attached hydrogens (tertiary/aromatic N) is 1. The van der Waals surface area contributed by atoms with E-state index in [2.05, 4.69) is 10.3 Å². The van der Waals surface area contributed by atoms with Crippen LogP contribution < -0.4 is 10.1 Å². The molecule has 0 saturated carbocycles. The van der Waals surface area contributed by atoms with Crippen LogP contribution in [0.15, 0.2) is 12.3 Å². The summed E-state index contributed by atoms with van der Waals surface area (Å²) < 4.78 is 18.5. The van der Waals surface area contributed by atoms with Crippen LogP contribution in [0.4, 0.5) is 4.39 Å². The number of aryl methyl sites for hydroxylation is 1. The molecule has 1 atom stereocenters. The molecule has 2 heterocycles. The van der Waals surface area contributed by atoms with Gasteiger partial charge < -0.3 is 10.1 Å². The minimum atomic E-state index is -0.468. The highest BCUT2D eigenvalue weighted by Gasteiger charge is 2.21. The van der Waals surface area contributed by atoms with Gasteiger partial charge in [0, 0.05) is 12.6 Å². The van der Waals surface area contributed by atoms with Crippen molar-refractivity contribution in [2.45, 2.75) is 25.8 Å². The monoisotopic (exact) mass is 224 g/mol. The maximum absolute atomic E-state index is 13.3. The Labute approximate surface area is 92.8 Å². The number of nitrogens with one attached hydrogen (secondary N) is 1. The van der Waals surface area contributed by atoms with Gasteiger partial charge in [-0.3, -0.25) is 4.79 Å². The molecular formula is C11H13FN2O2. The second kappa shape index (κ2) is 4.47. The number of hydrogen-bond donors (Lipinski definition) is 1. The number of halogens is 1. The number of amides is 1. The summed E-state index contributed by atoms with van der Waals surface area (Å²) in [5, 5.41) is 2.74. The zero-order valence-corrected chi connectivity index (χ0v) is 9.00. The highest BCUT2D eigenvalue weighted by molar-refractivity contribution is 5.78. The molecule has 4 nitrogen and oxygen atoms in total. The van der Waals surface area contributed by atoms with Crippen molar-refractivity contribution in [3.8, 4) is 5.88 Å². The summed E-state index contributed by atoms with van der Waals surface area (Å²) in [5.74, 6) is -0.456. The third kappa shape index (κ3) is 2.48. The Hall–Kier alpha value is -1.65. The van der Waals surface area contributed by atoms with E-state index in [9.17, 15) is 9.18 Å². The molecule has 0 aromatic carbocycles. The zero-order chi connectivity index (χ0) is 11.5. The quantitative estimate of drug-likeness (QED) is 0.839. The predicted octanol–water partition coefficient (Wildman–Crippen LogP) is 1.19. The maximum atomic E-state index is 13.3. The van der Waals surface area contributed by atoms with Gasteiger partial charge in [0.05, 0.1) is 6.04 Å².